The monoisotopic (exact) mass is 415 g/mol. The van der Waals surface area contributed by atoms with E-state index in [-0.39, 0.29) is 5.69 Å². The summed E-state index contributed by atoms with van der Waals surface area (Å²) in [5.74, 6) is 2.02. The van der Waals surface area contributed by atoms with Crippen molar-refractivity contribution in [2.24, 2.45) is 14.1 Å². The number of methoxy groups -OCH3 is 2. The van der Waals surface area contributed by atoms with Gasteiger partial charge in [-0.05, 0) is 35.4 Å². The van der Waals surface area contributed by atoms with E-state index in [1.54, 1.807) is 47.5 Å². The fourth-order valence-corrected chi connectivity index (χ4v) is 3.99. The van der Waals surface area contributed by atoms with Crippen LogP contribution in [-0.4, -0.2) is 38.1 Å². The van der Waals surface area contributed by atoms with Crippen LogP contribution >= 0.6 is 0 Å². The predicted molar refractivity (Wildman–Crippen MR) is 119 cm³/mol. The molecule has 3 aromatic heterocycles. The molecule has 5 rings (SSSR count). The maximum atomic E-state index is 13.1. The van der Waals surface area contributed by atoms with Gasteiger partial charge in [-0.1, -0.05) is 12.1 Å². The zero-order chi connectivity index (χ0) is 21.7. The second-order valence-electron chi connectivity index (χ2n) is 7.28. The second kappa shape index (κ2) is 7.02. The van der Waals surface area contributed by atoms with Crippen molar-refractivity contribution in [3.8, 4) is 28.4 Å². The molecular weight excluding hydrogens is 394 g/mol. The molecule has 0 saturated carbocycles. The van der Waals surface area contributed by atoms with E-state index in [0.717, 1.165) is 33.1 Å². The maximum absolute atomic E-state index is 13.1. The minimum Gasteiger partial charge on any atom is -0.493 e. The molecule has 0 spiro atoms. The number of aryl methyl sites for hydroxylation is 2. The van der Waals surface area contributed by atoms with Gasteiger partial charge in [-0.15, -0.1) is 0 Å². The highest BCUT2D eigenvalue weighted by Gasteiger charge is 2.18. The third kappa shape index (κ3) is 2.79. The molecule has 0 N–H and O–H groups in total. The van der Waals surface area contributed by atoms with Crippen LogP contribution in [0.5, 0.6) is 11.5 Å². The van der Waals surface area contributed by atoms with Crippen LogP contribution in [0.1, 0.15) is 0 Å². The molecule has 0 unspecified atom stereocenters. The number of nitrogens with zero attached hydrogens (tertiary/aromatic N) is 5. The number of hydrogen-bond donors (Lipinski definition) is 0. The number of imidazole rings is 1. The molecule has 3 heterocycles. The van der Waals surface area contributed by atoms with E-state index in [9.17, 15) is 4.79 Å². The fraction of sp³-hybridized carbons (Fsp3) is 0.174. The van der Waals surface area contributed by atoms with Gasteiger partial charge in [-0.2, -0.15) is 5.10 Å². The number of rotatable bonds is 4. The van der Waals surface area contributed by atoms with Crippen LogP contribution in [0.15, 0.2) is 59.7 Å². The van der Waals surface area contributed by atoms with E-state index < -0.39 is 0 Å². The second-order valence-corrected chi connectivity index (χ2v) is 7.28. The molecule has 8 nitrogen and oxygen atoms in total. The van der Waals surface area contributed by atoms with Gasteiger partial charge in [0.25, 0.3) is 0 Å². The zero-order valence-corrected chi connectivity index (χ0v) is 17.7. The summed E-state index contributed by atoms with van der Waals surface area (Å²) < 4.78 is 15.8. The van der Waals surface area contributed by atoms with Gasteiger partial charge in [-0.25, -0.2) is 9.36 Å². The van der Waals surface area contributed by atoms with Crippen LogP contribution < -0.4 is 15.2 Å². The van der Waals surface area contributed by atoms with E-state index in [1.807, 2.05) is 43.4 Å². The van der Waals surface area contributed by atoms with Crippen molar-refractivity contribution in [2.45, 2.75) is 0 Å². The molecule has 156 valence electrons. The Morgan fingerprint density at radius 3 is 2.35 bits per heavy atom. The molecule has 0 amide bonds. The zero-order valence-electron chi connectivity index (χ0n) is 17.7. The van der Waals surface area contributed by atoms with Crippen molar-refractivity contribution in [3.05, 3.63) is 65.3 Å². The topological polar surface area (TPSA) is 76.1 Å². The quantitative estimate of drug-likeness (QED) is 0.450. The molecule has 31 heavy (non-hydrogen) atoms. The molecule has 0 aliphatic rings. The first-order chi connectivity index (χ1) is 15.0. The Morgan fingerprint density at radius 1 is 0.903 bits per heavy atom. The Kier molecular flexibility index (Phi) is 4.28. The summed E-state index contributed by atoms with van der Waals surface area (Å²) in [4.78, 5) is 17.7. The molecule has 0 atom stereocenters. The van der Waals surface area contributed by atoms with Crippen LogP contribution in [-0.2, 0) is 14.1 Å². The lowest BCUT2D eigenvalue weighted by Gasteiger charge is -2.11. The molecule has 2 aromatic carbocycles. The van der Waals surface area contributed by atoms with Crippen LogP contribution in [0.2, 0.25) is 0 Å². The molecule has 0 saturated heterocycles. The first kappa shape index (κ1) is 18.9. The Bertz CT molecular complexity index is 1510. The first-order valence-electron chi connectivity index (χ1n) is 9.74. The summed E-state index contributed by atoms with van der Waals surface area (Å²) in [6, 6.07) is 13.7. The largest absolute Gasteiger partial charge is 0.493 e. The van der Waals surface area contributed by atoms with Gasteiger partial charge >= 0.3 is 5.69 Å². The number of hydrogen-bond acceptors (Lipinski definition) is 5. The van der Waals surface area contributed by atoms with Crippen molar-refractivity contribution in [2.75, 3.05) is 14.2 Å². The predicted octanol–water partition coefficient (Wildman–Crippen LogP) is 3.30. The molecule has 0 fully saturated rings. The van der Waals surface area contributed by atoms with E-state index in [1.165, 1.54) is 0 Å². The third-order valence-corrected chi connectivity index (χ3v) is 5.62. The van der Waals surface area contributed by atoms with E-state index in [4.69, 9.17) is 9.47 Å². The number of benzene rings is 2. The molecule has 0 aliphatic carbocycles. The SMILES string of the molecule is COc1ccc(-c2ccc3ncc4c(c3c2)n(-c2ccnn2C)c(=O)n4C)cc1OC. The van der Waals surface area contributed by atoms with Crippen LogP contribution in [0.3, 0.4) is 0 Å². The van der Waals surface area contributed by atoms with Crippen molar-refractivity contribution in [1.82, 2.24) is 23.9 Å². The number of aromatic nitrogens is 5. The minimum atomic E-state index is -0.149. The standard InChI is InChI=1S/C23H21N5O3/c1-26-18-13-24-17-7-5-14(15-6-8-19(30-3)20(12-15)31-4)11-16(17)22(18)28(23(26)29)21-9-10-25-27(21)2/h5-13H,1-4H3. The Hall–Kier alpha value is -4.07. The van der Waals surface area contributed by atoms with Crippen LogP contribution in [0.25, 0.3) is 38.9 Å². The van der Waals surface area contributed by atoms with E-state index in [0.29, 0.717) is 17.3 Å². The summed E-state index contributed by atoms with van der Waals surface area (Å²) in [5, 5.41) is 5.12. The number of fused-ring (bicyclic) bond motifs is 3. The van der Waals surface area contributed by atoms with Gasteiger partial charge in [0.1, 0.15) is 5.82 Å². The fourth-order valence-electron chi connectivity index (χ4n) is 3.99. The Balaban J connectivity index is 1.83. The lowest BCUT2D eigenvalue weighted by Crippen LogP contribution is -2.22. The van der Waals surface area contributed by atoms with Gasteiger partial charge in [0.15, 0.2) is 11.5 Å². The molecule has 8 heteroatoms. The summed E-state index contributed by atoms with van der Waals surface area (Å²) in [6.07, 6.45) is 3.42. The van der Waals surface area contributed by atoms with Gasteiger partial charge in [0.2, 0.25) is 0 Å². The highest BCUT2D eigenvalue weighted by molar-refractivity contribution is 6.04. The van der Waals surface area contributed by atoms with Crippen molar-refractivity contribution in [1.29, 1.82) is 0 Å². The van der Waals surface area contributed by atoms with Crippen LogP contribution in [0, 0.1) is 0 Å². The average molecular weight is 415 g/mol. The van der Waals surface area contributed by atoms with Crippen molar-refractivity contribution < 1.29 is 9.47 Å². The normalized spacial score (nSPS) is 11.4. The summed E-state index contributed by atoms with van der Waals surface area (Å²) >= 11 is 0. The smallest absolute Gasteiger partial charge is 0.334 e. The summed E-state index contributed by atoms with van der Waals surface area (Å²) in [7, 11) is 6.80. The highest BCUT2D eigenvalue weighted by atomic mass is 16.5. The number of ether oxygens (including phenoxy) is 2. The lowest BCUT2D eigenvalue weighted by molar-refractivity contribution is 0.355. The van der Waals surface area contributed by atoms with E-state index in [2.05, 4.69) is 16.1 Å². The van der Waals surface area contributed by atoms with Gasteiger partial charge in [0.05, 0.1) is 43.2 Å². The first-order valence-corrected chi connectivity index (χ1v) is 9.74. The lowest BCUT2D eigenvalue weighted by atomic mass is 10.0. The molecule has 0 bridgehead atoms. The van der Waals surface area contributed by atoms with Crippen molar-refractivity contribution in [3.63, 3.8) is 0 Å². The molecule has 5 aromatic rings. The Morgan fingerprint density at radius 2 is 1.65 bits per heavy atom. The molecule has 0 radical (unpaired) electrons. The van der Waals surface area contributed by atoms with Crippen molar-refractivity contribution >= 4 is 21.9 Å². The Labute approximate surface area is 177 Å². The highest BCUT2D eigenvalue weighted by Crippen LogP contribution is 2.34. The van der Waals surface area contributed by atoms with Gasteiger partial charge in [-0.3, -0.25) is 14.2 Å². The molecule has 0 aliphatic heterocycles. The number of pyridine rings is 1. The third-order valence-electron chi connectivity index (χ3n) is 5.62. The van der Waals surface area contributed by atoms with E-state index >= 15 is 0 Å². The van der Waals surface area contributed by atoms with Gasteiger partial charge in [0, 0.05) is 25.5 Å². The molecular formula is C23H21N5O3. The summed E-state index contributed by atoms with van der Waals surface area (Å²) in [5.41, 5.74) is 4.16. The van der Waals surface area contributed by atoms with Crippen LogP contribution in [0.4, 0.5) is 0 Å². The average Bonchev–Trinajstić information content (AvgIpc) is 3.33. The summed E-state index contributed by atoms with van der Waals surface area (Å²) in [6.45, 7) is 0. The maximum Gasteiger partial charge on any atom is 0.334 e. The van der Waals surface area contributed by atoms with Gasteiger partial charge < -0.3 is 9.47 Å². The minimum absolute atomic E-state index is 0.149.